The largest absolute Gasteiger partial charge is 0.414 e. The SMILES string of the molecule is CC(C)(C)[Si](C)(C)OCC1OC(n2cnc3c(N)ncnc32)CC1N. The van der Waals surface area contributed by atoms with Gasteiger partial charge in [0.2, 0.25) is 0 Å². The van der Waals surface area contributed by atoms with Gasteiger partial charge in [-0.05, 0) is 18.1 Å². The molecule has 3 rings (SSSR count). The van der Waals surface area contributed by atoms with Crippen LogP contribution in [0.25, 0.3) is 11.2 Å². The van der Waals surface area contributed by atoms with E-state index in [9.17, 15) is 0 Å². The molecule has 0 amide bonds. The molecular weight excluding hydrogens is 336 g/mol. The summed E-state index contributed by atoms with van der Waals surface area (Å²) in [7, 11) is -1.83. The van der Waals surface area contributed by atoms with E-state index in [1.807, 2.05) is 4.57 Å². The molecule has 25 heavy (non-hydrogen) atoms. The second kappa shape index (κ2) is 6.31. The smallest absolute Gasteiger partial charge is 0.192 e. The number of hydrogen-bond donors (Lipinski definition) is 2. The van der Waals surface area contributed by atoms with Crippen LogP contribution in [0.1, 0.15) is 33.4 Å². The van der Waals surface area contributed by atoms with Gasteiger partial charge >= 0.3 is 0 Å². The average molecular weight is 365 g/mol. The summed E-state index contributed by atoms with van der Waals surface area (Å²) in [5, 5.41) is 0.157. The molecule has 0 saturated carbocycles. The Morgan fingerprint density at radius 1 is 1.32 bits per heavy atom. The number of nitrogen functional groups attached to an aromatic ring is 1. The predicted octanol–water partition coefficient (Wildman–Crippen LogP) is 2.05. The van der Waals surface area contributed by atoms with Crippen LogP contribution in [0, 0.1) is 0 Å². The molecule has 1 aliphatic rings. The number of nitrogens with zero attached hydrogens (tertiary/aromatic N) is 4. The molecule has 2 aromatic rings. The molecule has 0 aliphatic carbocycles. The minimum Gasteiger partial charge on any atom is -0.414 e. The number of rotatable bonds is 4. The summed E-state index contributed by atoms with van der Waals surface area (Å²) in [6.45, 7) is 11.6. The number of imidazole rings is 1. The van der Waals surface area contributed by atoms with Crippen LogP contribution in [0.4, 0.5) is 5.82 Å². The average Bonchev–Trinajstić information content (AvgIpc) is 3.08. The van der Waals surface area contributed by atoms with Crippen LogP contribution in [-0.2, 0) is 9.16 Å². The predicted molar refractivity (Wildman–Crippen MR) is 99.4 cm³/mol. The third kappa shape index (κ3) is 3.41. The van der Waals surface area contributed by atoms with Crippen LogP contribution >= 0.6 is 0 Å². The monoisotopic (exact) mass is 364 g/mol. The fraction of sp³-hybridized carbons (Fsp3) is 0.688. The van der Waals surface area contributed by atoms with E-state index in [4.69, 9.17) is 20.6 Å². The highest BCUT2D eigenvalue weighted by Crippen LogP contribution is 2.38. The fourth-order valence-electron chi connectivity index (χ4n) is 2.67. The first-order chi connectivity index (χ1) is 11.6. The van der Waals surface area contributed by atoms with Crippen LogP contribution in [0.15, 0.2) is 12.7 Å². The van der Waals surface area contributed by atoms with E-state index in [0.29, 0.717) is 30.0 Å². The summed E-state index contributed by atoms with van der Waals surface area (Å²) < 4.78 is 14.3. The Bertz CT molecular complexity index is 757. The second-order valence-electron chi connectivity index (χ2n) is 8.18. The molecule has 138 valence electrons. The number of hydrogen-bond acceptors (Lipinski definition) is 7. The molecule has 1 fully saturated rings. The molecule has 3 heterocycles. The van der Waals surface area contributed by atoms with E-state index in [-0.39, 0.29) is 23.4 Å². The Morgan fingerprint density at radius 2 is 2.04 bits per heavy atom. The molecule has 3 atom stereocenters. The maximum absolute atomic E-state index is 6.31. The minimum atomic E-state index is -1.83. The third-order valence-corrected chi connectivity index (χ3v) is 9.90. The lowest BCUT2D eigenvalue weighted by molar-refractivity contribution is -0.0207. The maximum Gasteiger partial charge on any atom is 0.192 e. The van der Waals surface area contributed by atoms with E-state index < -0.39 is 8.32 Å². The van der Waals surface area contributed by atoms with Crippen molar-refractivity contribution in [3.63, 3.8) is 0 Å². The molecule has 4 N–H and O–H groups in total. The van der Waals surface area contributed by atoms with Gasteiger partial charge in [0.25, 0.3) is 0 Å². The Morgan fingerprint density at radius 3 is 2.72 bits per heavy atom. The molecule has 8 nitrogen and oxygen atoms in total. The summed E-state index contributed by atoms with van der Waals surface area (Å²) >= 11 is 0. The number of anilines is 1. The molecule has 0 radical (unpaired) electrons. The van der Waals surface area contributed by atoms with Crippen molar-refractivity contribution in [2.75, 3.05) is 12.3 Å². The zero-order valence-corrected chi connectivity index (χ0v) is 16.6. The zero-order chi connectivity index (χ0) is 18.4. The van der Waals surface area contributed by atoms with Gasteiger partial charge in [-0.2, -0.15) is 0 Å². The fourth-order valence-corrected chi connectivity index (χ4v) is 3.69. The van der Waals surface area contributed by atoms with E-state index in [1.54, 1.807) is 6.33 Å². The first-order valence-electron chi connectivity index (χ1n) is 8.58. The van der Waals surface area contributed by atoms with Gasteiger partial charge in [-0.1, -0.05) is 20.8 Å². The topological polar surface area (TPSA) is 114 Å². The Kier molecular flexibility index (Phi) is 4.61. The summed E-state index contributed by atoms with van der Waals surface area (Å²) in [5.41, 5.74) is 13.4. The van der Waals surface area contributed by atoms with Gasteiger partial charge in [0, 0.05) is 12.5 Å². The highest BCUT2D eigenvalue weighted by molar-refractivity contribution is 6.74. The summed E-state index contributed by atoms with van der Waals surface area (Å²) in [5.74, 6) is 0.365. The maximum atomic E-state index is 6.31. The van der Waals surface area contributed by atoms with E-state index in [1.165, 1.54) is 6.33 Å². The summed E-state index contributed by atoms with van der Waals surface area (Å²) in [6, 6.07) is -0.0913. The van der Waals surface area contributed by atoms with Gasteiger partial charge in [-0.3, -0.25) is 4.57 Å². The number of aromatic nitrogens is 4. The lowest BCUT2D eigenvalue weighted by Gasteiger charge is -2.37. The Balaban J connectivity index is 1.72. The quantitative estimate of drug-likeness (QED) is 0.798. The van der Waals surface area contributed by atoms with Gasteiger partial charge in [-0.25, -0.2) is 15.0 Å². The van der Waals surface area contributed by atoms with Gasteiger partial charge in [0.1, 0.15) is 18.1 Å². The van der Waals surface area contributed by atoms with Crippen LogP contribution in [0.3, 0.4) is 0 Å². The molecule has 1 saturated heterocycles. The highest BCUT2D eigenvalue weighted by Gasteiger charge is 2.40. The van der Waals surface area contributed by atoms with Crippen molar-refractivity contribution in [2.45, 2.75) is 63.7 Å². The van der Waals surface area contributed by atoms with Gasteiger partial charge in [0.05, 0.1) is 19.0 Å². The van der Waals surface area contributed by atoms with E-state index >= 15 is 0 Å². The van der Waals surface area contributed by atoms with Gasteiger partial charge in [0.15, 0.2) is 19.8 Å². The van der Waals surface area contributed by atoms with Gasteiger partial charge < -0.3 is 20.6 Å². The Labute approximate surface area is 149 Å². The first kappa shape index (κ1) is 18.2. The van der Waals surface area contributed by atoms with Gasteiger partial charge in [-0.15, -0.1) is 0 Å². The van der Waals surface area contributed by atoms with Crippen LogP contribution in [0.2, 0.25) is 18.1 Å². The number of ether oxygens (including phenoxy) is 1. The zero-order valence-electron chi connectivity index (χ0n) is 15.6. The summed E-state index contributed by atoms with van der Waals surface area (Å²) in [6.07, 6.45) is 3.44. The van der Waals surface area contributed by atoms with Crippen LogP contribution in [-0.4, -0.2) is 46.6 Å². The van der Waals surface area contributed by atoms with Crippen molar-refractivity contribution < 1.29 is 9.16 Å². The lowest BCUT2D eigenvalue weighted by atomic mass is 10.1. The molecule has 3 unspecified atom stereocenters. The molecule has 0 spiro atoms. The van der Waals surface area contributed by atoms with Crippen molar-refractivity contribution in [3.05, 3.63) is 12.7 Å². The molecular formula is C16H28N6O2Si. The number of nitrogens with two attached hydrogens (primary N) is 2. The van der Waals surface area contributed by atoms with Crippen molar-refractivity contribution >= 4 is 25.3 Å². The number of fused-ring (bicyclic) bond motifs is 1. The van der Waals surface area contributed by atoms with Crippen molar-refractivity contribution in [1.29, 1.82) is 0 Å². The normalized spacial score (nSPS) is 25.0. The lowest BCUT2D eigenvalue weighted by Crippen LogP contribution is -2.45. The molecule has 2 aromatic heterocycles. The van der Waals surface area contributed by atoms with Crippen molar-refractivity contribution in [1.82, 2.24) is 19.5 Å². The molecule has 0 aromatic carbocycles. The highest BCUT2D eigenvalue weighted by atomic mass is 28.4. The standard InChI is InChI=1S/C16H28N6O2Si/c1-16(2,3)25(4,5)23-7-11-10(17)6-12(24-11)22-9-21-13-14(18)19-8-20-15(13)22/h8-12H,6-7,17H2,1-5H3,(H2,18,19,20). The second-order valence-corrected chi connectivity index (χ2v) is 13.0. The van der Waals surface area contributed by atoms with Crippen molar-refractivity contribution in [2.24, 2.45) is 5.73 Å². The molecule has 9 heteroatoms. The van der Waals surface area contributed by atoms with Crippen LogP contribution < -0.4 is 11.5 Å². The molecule has 0 bridgehead atoms. The van der Waals surface area contributed by atoms with Crippen molar-refractivity contribution in [3.8, 4) is 0 Å². The first-order valence-corrected chi connectivity index (χ1v) is 11.5. The van der Waals surface area contributed by atoms with Crippen LogP contribution in [0.5, 0.6) is 0 Å². The van der Waals surface area contributed by atoms with E-state index in [0.717, 1.165) is 0 Å². The van der Waals surface area contributed by atoms with E-state index in [2.05, 4.69) is 48.8 Å². The Hall–Kier alpha value is -1.55. The third-order valence-electron chi connectivity index (χ3n) is 5.40. The summed E-state index contributed by atoms with van der Waals surface area (Å²) in [4.78, 5) is 12.5. The minimum absolute atomic E-state index is 0.0913. The molecule has 1 aliphatic heterocycles.